The van der Waals surface area contributed by atoms with E-state index in [0.29, 0.717) is 10.6 Å². The average molecular weight is 231 g/mol. The van der Waals surface area contributed by atoms with E-state index < -0.39 is 0 Å². The molecule has 1 aromatic rings. The van der Waals surface area contributed by atoms with Gasteiger partial charge in [-0.2, -0.15) is 5.10 Å². The lowest BCUT2D eigenvalue weighted by Gasteiger charge is -2.02. The van der Waals surface area contributed by atoms with Crippen LogP contribution < -0.4 is 21.5 Å². The van der Waals surface area contributed by atoms with Crippen molar-refractivity contribution in [2.75, 3.05) is 5.43 Å². The summed E-state index contributed by atoms with van der Waals surface area (Å²) in [5.41, 5.74) is 7.44. The van der Waals surface area contributed by atoms with Crippen LogP contribution in [-0.2, 0) is 11.2 Å². The summed E-state index contributed by atoms with van der Waals surface area (Å²) in [5.74, 6) is 2.01. The van der Waals surface area contributed by atoms with Crippen LogP contribution in [0, 0.1) is 0 Å². The van der Waals surface area contributed by atoms with Crippen LogP contribution in [0.2, 0.25) is 0 Å². The zero-order valence-electron chi connectivity index (χ0n) is 10.0. The van der Waals surface area contributed by atoms with Gasteiger partial charge in [-0.25, -0.2) is 10.3 Å². The fourth-order valence-electron chi connectivity index (χ4n) is 2.06. The number of hydrazine groups is 1. The van der Waals surface area contributed by atoms with Crippen molar-refractivity contribution in [1.82, 2.24) is 5.53 Å². The first-order chi connectivity index (χ1) is 8.36. The van der Waals surface area contributed by atoms with E-state index in [-0.39, 0.29) is 0 Å². The molecule has 0 bridgehead atoms. The minimum absolute atomic E-state index is 0.594. The number of fused-ring (bicyclic) bond motifs is 1. The maximum atomic E-state index is 11.0. The third-order valence-electron chi connectivity index (χ3n) is 3.02. The van der Waals surface area contributed by atoms with Crippen LogP contribution in [0.3, 0.4) is 0 Å². The second kappa shape index (κ2) is 5.51. The van der Waals surface area contributed by atoms with Crippen LogP contribution in [0.5, 0.6) is 0 Å². The monoisotopic (exact) mass is 231 g/mol. The molecule has 4 heteroatoms. The summed E-state index contributed by atoms with van der Waals surface area (Å²) in [5, 5.41) is 5.33. The highest BCUT2D eigenvalue weighted by atomic mass is 16.1. The summed E-state index contributed by atoms with van der Waals surface area (Å²) >= 11 is 0. The molecule has 17 heavy (non-hydrogen) atoms. The van der Waals surface area contributed by atoms with E-state index in [2.05, 4.69) is 23.0 Å². The highest BCUT2D eigenvalue weighted by Gasteiger charge is 2.08. The lowest BCUT2D eigenvalue weighted by Crippen LogP contribution is -2.30. The van der Waals surface area contributed by atoms with Gasteiger partial charge in [-0.05, 0) is 24.5 Å². The number of unbranched alkanes of at least 4 members (excludes halogenated alkanes) is 3. The molecule has 1 aromatic carbocycles. The number of hydrogen-bond acceptors (Lipinski definition) is 4. The normalized spacial score (nSPS) is 12.1. The van der Waals surface area contributed by atoms with E-state index in [0.717, 1.165) is 24.1 Å². The maximum Gasteiger partial charge on any atom is 0.135 e. The van der Waals surface area contributed by atoms with Crippen LogP contribution >= 0.6 is 0 Å². The Balaban J connectivity index is 2.22. The summed E-state index contributed by atoms with van der Waals surface area (Å²) < 4.78 is 0. The van der Waals surface area contributed by atoms with Crippen molar-refractivity contribution in [1.29, 1.82) is 0 Å². The Bertz CT molecular complexity index is 532. The number of aryl methyl sites for hydroxylation is 1. The minimum Gasteiger partial charge on any atom is -0.283 e. The van der Waals surface area contributed by atoms with Gasteiger partial charge in [0.05, 0.1) is 10.9 Å². The van der Waals surface area contributed by atoms with Crippen molar-refractivity contribution in [3.63, 3.8) is 0 Å². The van der Waals surface area contributed by atoms with Crippen LogP contribution in [0.25, 0.3) is 0 Å². The molecule has 0 saturated carbocycles. The number of rotatable bonds is 5. The van der Waals surface area contributed by atoms with Gasteiger partial charge < -0.3 is 0 Å². The standard InChI is InChI=1S/C13H17N3O/c1-2-3-4-5-6-10-7-8-12-13(11(10)9-17)15-16-14-12/h7-8,14,16H,2-6H2,1H3. The fraction of sp³-hybridized carbons (Fsp3) is 0.462. The summed E-state index contributed by atoms with van der Waals surface area (Å²) in [6, 6.07) is 3.94. The maximum absolute atomic E-state index is 11.0. The van der Waals surface area contributed by atoms with E-state index >= 15 is 0 Å². The molecule has 0 fully saturated rings. The predicted molar refractivity (Wildman–Crippen MR) is 66.6 cm³/mol. The lowest BCUT2D eigenvalue weighted by molar-refractivity contribution is 0.567. The van der Waals surface area contributed by atoms with E-state index in [1.54, 1.807) is 0 Å². The number of nitrogens with zero attached hydrogens (tertiary/aromatic N) is 1. The molecule has 4 nitrogen and oxygen atoms in total. The third kappa shape index (κ3) is 2.48. The molecule has 0 amide bonds. The first kappa shape index (κ1) is 11.7. The summed E-state index contributed by atoms with van der Waals surface area (Å²) in [6.45, 7) is 2.19. The summed E-state index contributed by atoms with van der Waals surface area (Å²) in [7, 11) is 0. The Morgan fingerprint density at radius 1 is 1.29 bits per heavy atom. The molecule has 1 heterocycles. The summed E-state index contributed by atoms with van der Waals surface area (Å²) in [6.07, 6.45) is 5.72. The Morgan fingerprint density at radius 3 is 2.94 bits per heavy atom. The van der Waals surface area contributed by atoms with Crippen molar-refractivity contribution in [2.45, 2.75) is 39.0 Å². The van der Waals surface area contributed by atoms with Gasteiger partial charge >= 0.3 is 0 Å². The van der Waals surface area contributed by atoms with Gasteiger partial charge in [0.15, 0.2) is 0 Å². The Kier molecular flexibility index (Phi) is 3.78. The molecule has 1 aliphatic heterocycles. The Hall–Kier alpha value is -1.80. The zero-order chi connectivity index (χ0) is 12.1. The van der Waals surface area contributed by atoms with E-state index in [1.165, 1.54) is 19.3 Å². The van der Waals surface area contributed by atoms with Crippen LogP contribution in [0.1, 0.15) is 38.2 Å². The minimum atomic E-state index is 0.594. The molecule has 0 radical (unpaired) electrons. The smallest absolute Gasteiger partial charge is 0.135 e. The number of carbonyl (C=O) groups excluding carboxylic acids is 1. The first-order valence-electron chi connectivity index (χ1n) is 6.12. The average Bonchev–Trinajstić information content (AvgIpc) is 2.82. The second-order valence-electron chi connectivity index (χ2n) is 4.26. The Morgan fingerprint density at radius 2 is 2.18 bits per heavy atom. The zero-order valence-corrected chi connectivity index (χ0v) is 10.0. The number of anilines is 1. The quantitative estimate of drug-likeness (QED) is 0.736. The highest BCUT2D eigenvalue weighted by molar-refractivity contribution is 5.55. The molecule has 2 N–H and O–H groups in total. The van der Waals surface area contributed by atoms with Crippen LogP contribution in [0.4, 0.5) is 5.69 Å². The summed E-state index contributed by atoms with van der Waals surface area (Å²) in [4.78, 5) is 11.0. The number of hydrogen-bond donors (Lipinski definition) is 2. The van der Waals surface area contributed by atoms with Gasteiger partial charge in [-0.15, -0.1) is 0 Å². The molecule has 2 rings (SSSR count). The fourth-order valence-corrected chi connectivity index (χ4v) is 2.06. The lowest BCUT2D eigenvalue weighted by atomic mass is 10.0. The highest BCUT2D eigenvalue weighted by Crippen LogP contribution is 2.06. The molecule has 0 saturated heterocycles. The van der Waals surface area contributed by atoms with Gasteiger partial charge in [0.2, 0.25) is 0 Å². The van der Waals surface area contributed by atoms with Crippen molar-refractivity contribution in [2.24, 2.45) is 5.10 Å². The molecule has 0 aromatic heterocycles. The van der Waals surface area contributed by atoms with Crippen molar-refractivity contribution in [3.8, 4) is 0 Å². The number of benzene rings is 1. The molecule has 0 spiro atoms. The largest absolute Gasteiger partial charge is 0.283 e. The number of nitrogens with one attached hydrogen (secondary N) is 2. The Labute approximate surface area is 100 Å². The van der Waals surface area contributed by atoms with Gasteiger partial charge in [-0.1, -0.05) is 32.3 Å². The molecule has 1 aliphatic rings. The molecule has 0 unspecified atom stereocenters. The second-order valence-corrected chi connectivity index (χ2v) is 4.26. The molecule has 0 aliphatic carbocycles. The first-order valence-corrected chi connectivity index (χ1v) is 6.12. The molecular weight excluding hydrogens is 214 g/mol. The van der Waals surface area contributed by atoms with E-state index in [9.17, 15) is 4.79 Å². The van der Waals surface area contributed by atoms with Crippen molar-refractivity contribution < 1.29 is 4.79 Å². The molecular formula is C13H17N3O. The predicted octanol–water partition coefficient (Wildman–Crippen LogP) is 0.777. The van der Waals surface area contributed by atoms with E-state index in [4.69, 9.17) is 0 Å². The van der Waals surface area contributed by atoms with Crippen LogP contribution in [0.15, 0.2) is 17.2 Å². The van der Waals surface area contributed by atoms with Gasteiger partial charge in [0.1, 0.15) is 11.3 Å². The van der Waals surface area contributed by atoms with E-state index in [1.807, 2.05) is 18.1 Å². The molecule has 90 valence electrons. The SMILES string of the molecule is CCCCCCc1ccc2c(c1=C=O)=NNN2. The van der Waals surface area contributed by atoms with Crippen molar-refractivity contribution >= 4 is 11.6 Å². The topological polar surface area (TPSA) is 53.5 Å². The van der Waals surface area contributed by atoms with Crippen LogP contribution in [-0.4, -0.2) is 5.94 Å². The van der Waals surface area contributed by atoms with Gasteiger partial charge in [0.25, 0.3) is 0 Å². The van der Waals surface area contributed by atoms with Crippen molar-refractivity contribution in [3.05, 3.63) is 28.3 Å². The molecule has 0 atom stereocenters. The van der Waals surface area contributed by atoms with Gasteiger partial charge in [0, 0.05) is 0 Å². The van der Waals surface area contributed by atoms with Gasteiger partial charge in [-0.3, -0.25) is 5.43 Å². The third-order valence-corrected chi connectivity index (χ3v) is 3.02.